The van der Waals surface area contributed by atoms with Gasteiger partial charge in [0.1, 0.15) is 5.82 Å². The molecule has 0 radical (unpaired) electrons. The van der Waals surface area contributed by atoms with Crippen molar-refractivity contribution < 1.29 is 14.2 Å². The minimum Gasteiger partial charge on any atom is -0.392 e. The van der Waals surface area contributed by atoms with Crippen molar-refractivity contribution >= 4 is 0 Å². The molecule has 1 atom stereocenters. The second-order valence-electron chi connectivity index (χ2n) is 6.47. The number of nitrogens with zero attached hydrogens (tertiary/aromatic N) is 2. The van der Waals surface area contributed by atoms with Gasteiger partial charge in [-0.05, 0) is 31.0 Å². The maximum absolute atomic E-state index is 14.0. The molecule has 2 aromatic rings. The fourth-order valence-corrected chi connectivity index (χ4v) is 2.94. The first-order valence-corrected chi connectivity index (χ1v) is 9.01. The van der Waals surface area contributed by atoms with Gasteiger partial charge < -0.3 is 14.4 Å². The number of ether oxygens (including phenoxy) is 1. The Hall–Kier alpha value is -1.95. The Bertz CT molecular complexity index is 672. The number of aliphatic hydroxyl groups excluding tert-OH is 1. The lowest BCUT2D eigenvalue weighted by Gasteiger charge is -2.25. The summed E-state index contributed by atoms with van der Waals surface area (Å²) < 4.78 is 21.2. The first-order valence-electron chi connectivity index (χ1n) is 9.01. The second kappa shape index (κ2) is 10.9. The zero-order chi connectivity index (χ0) is 18.8. The molecule has 1 aromatic carbocycles. The van der Waals surface area contributed by atoms with Gasteiger partial charge in [-0.2, -0.15) is 0 Å². The lowest BCUT2D eigenvalue weighted by Crippen LogP contribution is -2.35. The van der Waals surface area contributed by atoms with Gasteiger partial charge in [-0.15, -0.1) is 6.58 Å². The van der Waals surface area contributed by atoms with Crippen LogP contribution in [0.25, 0.3) is 0 Å². The molecule has 0 saturated heterocycles. The zero-order valence-electron chi connectivity index (χ0n) is 15.5. The molecule has 1 unspecified atom stereocenters. The maximum Gasteiger partial charge on any atom is 0.128 e. The van der Waals surface area contributed by atoms with Gasteiger partial charge in [0.05, 0.1) is 19.3 Å². The Labute approximate surface area is 155 Å². The Morgan fingerprint density at radius 1 is 1.31 bits per heavy atom. The molecule has 4 nitrogen and oxygen atoms in total. The van der Waals surface area contributed by atoms with E-state index in [1.165, 1.54) is 6.07 Å². The van der Waals surface area contributed by atoms with Crippen LogP contribution in [0.4, 0.5) is 4.39 Å². The number of rotatable bonds is 12. The van der Waals surface area contributed by atoms with Crippen molar-refractivity contribution in [2.45, 2.75) is 32.0 Å². The molecule has 0 fully saturated rings. The van der Waals surface area contributed by atoms with Crippen LogP contribution in [0, 0.1) is 5.82 Å². The first kappa shape index (κ1) is 20.4. The number of aliphatic hydroxyl groups is 1. The summed E-state index contributed by atoms with van der Waals surface area (Å²) >= 11 is 0. The summed E-state index contributed by atoms with van der Waals surface area (Å²) in [5, 5.41) is 10.2. The van der Waals surface area contributed by atoms with E-state index in [1.807, 2.05) is 35.0 Å². The summed E-state index contributed by atoms with van der Waals surface area (Å²) in [6, 6.07) is 10.9. The molecule has 5 heteroatoms. The summed E-state index contributed by atoms with van der Waals surface area (Å²) in [5.41, 5.74) is 1.75. The molecule has 0 aliphatic heterocycles. The monoisotopic (exact) mass is 360 g/mol. The molecule has 0 saturated carbocycles. The zero-order valence-corrected chi connectivity index (χ0v) is 15.5. The van der Waals surface area contributed by atoms with Crippen molar-refractivity contribution in [1.29, 1.82) is 0 Å². The first-order chi connectivity index (χ1) is 12.6. The van der Waals surface area contributed by atoms with Gasteiger partial charge in [0.15, 0.2) is 0 Å². The molecule has 0 spiro atoms. The van der Waals surface area contributed by atoms with E-state index in [4.69, 9.17) is 4.74 Å². The predicted octanol–water partition coefficient (Wildman–Crippen LogP) is 3.45. The Morgan fingerprint density at radius 3 is 2.85 bits per heavy atom. The number of methoxy groups -OCH3 is 1. The molecule has 0 aliphatic carbocycles. The van der Waals surface area contributed by atoms with E-state index in [0.717, 1.165) is 18.7 Å². The van der Waals surface area contributed by atoms with Crippen molar-refractivity contribution in [3.05, 3.63) is 72.3 Å². The third-order valence-corrected chi connectivity index (χ3v) is 4.39. The van der Waals surface area contributed by atoms with Gasteiger partial charge in [0.25, 0.3) is 0 Å². The van der Waals surface area contributed by atoms with E-state index >= 15 is 0 Å². The number of benzene rings is 1. The molecular weight excluding hydrogens is 331 g/mol. The van der Waals surface area contributed by atoms with Crippen LogP contribution < -0.4 is 0 Å². The fourth-order valence-electron chi connectivity index (χ4n) is 2.94. The number of hydrogen-bond donors (Lipinski definition) is 1. The number of allylic oxidation sites excluding steroid dienone is 1. The van der Waals surface area contributed by atoms with Gasteiger partial charge in [-0.25, -0.2) is 4.39 Å². The fraction of sp³-hybridized carbons (Fsp3) is 0.429. The van der Waals surface area contributed by atoms with Gasteiger partial charge in [0.2, 0.25) is 0 Å². The molecule has 0 aliphatic rings. The van der Waals surface area contributed by atoms with Crippen LogP contribution in [0.2, 0.25) is 0 Å². The van der Waals surface area contributed by atoms with Crippen LogP contribution in [-0.4, -0.2) is 47.5 Å². The standard InChI is InChI=1S/C21H29FN2O2/c1-3-4-10-20(25)17-23(13-14-26-2)16-19-9-7-12-24(19)15-18-8-5-6-11-21(18)22/h3,5-9,11-12,20,25H,1,4,10,13-17H2,2H3. The smallest absolute Gasteiger partial charge is 0.128 e. The molecule has 2 rings (SSSR count). The molecule has 0 bridgehead atoms. The Morgan fingerprint density at radius 2 is 2.12 bits per heavy atom. The highest BCUT2D eigenvalue weighted by Gasteiger charge is 2.14. The van der Waals surface area contributed by atoms with E-state index in [1.54, 1.807) is 19.2 Å². The molecule has 142 valence electrons. The molecule has 1 N–H and O–H groups in total. The molecule has 0 amide bonds. The van der Waals surface area contributed by atoms with Gasteiger partial charge in [-0.3, -0.25) is 4.90 Å². The average molecular weight is 360 g/mol. The van der Waals surface area contributed by atoms with E-state index in [2.05, 4.69) is 11.5 Å². The van der Waals surface area contributed by atoms with Crippen molar-refractivity contribution in [2.75, 3.05) is 26.8 Å². The van der Waals surface area contributed by atoms with Crippen LogP contribution in [0.15, 0.2) is 55.3 Å². The summed E-state index contributed by atoms with van der Waals surface area (Å²) in [4.78, 5) is 2.17. The van der Waals surface area contributed by atoms with E-state index in [9.17, 15) is 9.50 Å². The van der Waals surface area contributed by atoms with Gasteiger partial charge in [-0.1, -0.05) is 24.3 Å². The Kier molecular flexibility index (Phi) is 8.54. The van der Waals surface area contributed by atoms with E-state index < -0.39 is 6.10 Å². The number of hydrogen-bond acceptors (Lipinski definition) is 3. The summed E-state index contributed by atoms with van der Waals surface area (Å²) in [5.74, 6) is -0.191. The van der Waals surface area contributed by atoms with E-state index in [0.29, 0.717) is 38.2 Å². The van der Waals surface area contributed by atoms with Crippen molar-refractivity contribution in [3.8, 4) is 0 Å². The topological polar surface area (TPSA) is 37.6 Å². The minimum absolute atomic E-state index is 0.191. The largest absolute Gasteiger partial charge is 0.392 e. The highest BCUT2D eigenvalue weighted by Crippen LogP contribution is 2.14. The van der Waals surface area contributed by atoms with Crippen molar-refractivity contribution in [3.63, 3.8) is 0 Å². The maximum atomic E-state index is 14.0. The lowest BCUT2D eigenvalue weighted by molar-refractivity contribution is 0.0797. The molecule has 1 aromatic heterocycles. The van der Waals surface area contributed by atoms with Gasteiger partial charge in [0, 0.05) is 44.2 Å². The Balaban J connectivity index is 2.04. The summed E-state index contributed by atoms with van der Waals surface area (Å²) in [7, 11) is 1.67. The lowest BCUT2D eigenvalue weighted by atomic mass is 10.2. The average Bonchev–Trinajstić information content (AvgIpc) is 3.06. The normalized spacial score (nSPS) is 12.5. The van der Waals surface area contributed by atoms with Crippen molar-refractivity contribution in [2.24, 2.45) is 0 Å². The van der Waals surface area contributed by atoms with Crippen molar-refractivity contribution in [1.82, 2.24) is 9.47 Å². The number of aromatic nitrogens is 1. The quantitative estimate of drug-likeness (QED) is 0.589. The van der Waals surface area contributed by atoms with Gasteiger partial charge >= 0.3 is 0 Å². The molecule has 26 heavy (non-hydrogen) atoms. The SMILES string of the molecule is C=CCCC(O)CN(CCOC)Cc1cccn1Cc1ccccc1F. The highest BCUT2D eigenvalue weighted by atomic mass is 19.1. The highest BCUT2D eigenvalue weighted by molar-refractivity contribution is 5.19. The van der Waals surface area contributed by atoms with E-state index in [-0.39, 0.29) is 5.82 Å². The third-order valence-electron chi connectivity index (χ3n) is 4.39. The summed E-state index contributed by atoms with van der Waals surface area (Å²) in [6.45, 7) is 6.77. The van der Waals surface area contributed by atoms with Crippen LogP contribution in [0.1, 0.15) is 24.1 Å². The molecular formula is C21H29FN2O2. The predicted molar refractivity (Wildman–Crippen MR) is 103 cm³/mol. The van der Waals surface area contributed by atoms with Crippen LogP contribution >= 0.6 is 0 Å². The number of halogens is 1. The minimum atomic E-state index is -0.403. The van der Waals surface area contributed by atoms with Crippen LogP contribution in [-0.2, 0) is 17.8 Å². The van der Waals surface area contributed by atoms with Crippen LogP contribution in [0.5, 0.6) is 0 Å². The van der Waals surface area contributed by atoms with Crippen LogP contribution in [0.3, 0.4) is 0 Å². The summed E-state index contributed by atoms with van der Waals surface area (Å²) in [6.07, 6.45) is 4.87. The molecule has 1 heterocycles. The second-order valence-corrected chi connectivity index (χ2v) is 6.47. The third kappa shape index (κ3) is 6.41.